The SMILES string of the molecule is COc1ccccc1Sc1ccc(C)cc1C. The Morgan fingerprint density at radius 3 is 2.41 bits per heavy atom. The van der Waals surface area contributed by atoms with Gasteiger partial charge in [-0.1, -0.05) is 41.6 Å². The molecule has 0 aliphatic carbocycles. The van der Waals surface area contributed by atoms with Crippen LogP contribution in [-0.2, 0) is 0 Å². The summed E-state index contributed by atoms with van der Waals surface area (Å²) in [6, 6.07) is 14.6. The number of methoxy groups -OCH3 is 1. The molecule has 1 nitrogen and oxygen atoms in total. The van der Waals surface area contributed by atoms with E-state index in [4.69, 9.17) is 4.74 Å². The first-order valence-corrected chi connectivity index (χ1v) is 6.40. The molecular weight excluding hydrogens is 228 g/mol. The summed E-state index contributed by atoms with van der Waals surface area (Å²) < 4.78 is 5.36. The van der Waals surface area contributed by atoms with E-state index in [1.54, 1.807) is 18.9 Å². The lowest BCUT2D eigenvalue weighted by molar-refractivity contribution is 0.405. The molecule has 0 heterocycles. The second-order valence-corrected chi connectivity index (χ2v) is 5.11. The zero-order chi connectivity index (χ0) is 12.3. The van der Waals surface area contributed by atoms with Crippen molar-refractivity contribution in [2.24, 2.45) is 0 Å². The van der Waals surface area contributed by atoms with Gasteiger partial charge in [-0.15, -0.1) is 0 Å². The number of hydrogen-bond donors (Lipinski definition) is 0. The lowest BCUT2D eigenvalue weighted by Gasteiger charge is -2.09. The number of hydrogen-bond acceptors (Lipinski definition) is 2. The molecule has 0 bridgehead atoms. The fraction of sp³-hybridized carbons (Fsp3) is 0.200. The van der Waals surface area contributed by atoms with E-state index in [2.05, 4.69) is 38.1 Å². The molecule has 2 aromatic carbocycles. The van der Waals surface area contributed by atoms with Gasteiger partial charge in [-0.3, -0.25) is 0 Å². The minimum atomic E-state index is 0.928. The van der Waals surface area contributed by atoms with Crippen molar-refractivity contribution in [2.75, 3.05) is 7.11 Å². The Bertz CT molecular complexity index is 520. The van der Waals surface area contributed by atoms with Crippen molar-refractivity contribution in [3.05, 3.63) is 53.6 Å². The highest BCUT2D eigenvalue weighted by atomic mass is 32.2. The quantitative estimate of drug-likeness (QED) is 0.788. The zero-order valence-corrected chi connectivity index (χ0v) is 11.2. The van der Waals surface area contributed by atoms with Gasteiger partial charge in [0.15, 0.2) is 0 Å². The summed E-state index contributed by atoms with van der Waals surface area (Å²) in [5.41, 5.74) is 2.60. The standard InChI is InChI=1S/C15H16OS/c1-11-8-9-14(12(2)10-11)17-15-7-5-4-6-13(15)16-3/h4-10H,1-3H3. The van der Waals surface area contributed by atoms with Crippen molar-refractivity contribution in [2.45, 2.75) is 23.6 Å². The normalized spacial score (nSPS) is 10.3. The smallest absolute Gasteiger partial charge is 0.132 e. The highest BCUT2D eigenvalue weighted by Gasteiger charge is 2.05. The van der Waals surface area contributed by atoms with Crippen LogP contribution in [0.15, 0.2) is 52.3 Å². The molecule has 0 aliphatic rings. The monoisotopic (exact) mass is 244 g/mol. The first kappa shape index (κ1) is 12.1. The highest BCUT2D eigenvalue weighted by Crippen LogP contribution is 2.36. The minimum Gasteiger partial charge on any atom is -0.496 e. The molecule has 0 amide bonds. The Hall–Kier alpha value is -1.41. The van der Waals surface area contributed by atoms with Crippen molar-refractivity contribution in [1.82, 2.24) is 0 Å². The van der Waals surface area contributed by atoms with Gasteiger partial charge in [-0.05, 0) is 37.6 Å². The molecule has 0 saturated carbocycles. The number of benzene rings is 2. The van der Waals surface area contributed by atoms with Crippen molar-refractivity contribution < 1.29 is 4.74 Å². The summed E-state index contributed by atoms with van der Waals surface area (Å²) in [6.45, 7) is 4.26. The van der Waals surface area contributed by atoms with Gasteiger partial charge in [0.2, 0.25) is 0 Å². The third-order valence-electron chi connectivity index (χ3n) is 2.62. The van der Waals surface area contributed by atoms with Gasteiger partial charge >= 0.3 is 0 Å². The van der Waals surface area contributed by atoms with Crippen LogP contribution in [0.25, 0.3) is 0 Å². The van der Waals surface area contributed by atoms with Gasteiger partial charge in [0.1, 0.15) is 5.75 Å². The summed E-state index contributed by atoms with van der Waals surface area (Å²) in [5.74, 6) is 0.928. The molecule has 0 fully saturated rings. The molecule has 0 saturated heterocycles. The summed E-state index contributed by atoms with van der Waals surface area (Å²) >= 11 is 1.75. The lowest BCUT2D eigenvalue weighted by atomic mass is 10.2. The maximum atomic E-state index is 5.36. The predicted octanol–water partition coefficient (Wildman–Crippen LogP) is 4.46. The van der Waals surface area contributed by atoms with Crippen LogP contribution in [0.1, 0.15) is 11.1 Å². The molecule has 0 N–H and O–H groups in total. The molecule has 2 aromatic rings. The van der Waals surface area contributed by atoms with Gasteiger partial charge in [0.25, 0.3) is 0 Å². The van der Waals surface area contributed by atoms with E-state index in [-0.39, 0.29) is 0 Å². The van der Waals surface area contributed by atoms with Crippen LogP contribution >= 0.6 is 11.8 Å². The maximum Gasteiger partial charge on any atom is 0.132 e. The molecule has 0 aliphatic heterocycles. The second kappa shape index (κ2) is 5.28. The van der Waals surface area contributed by atoms with E-state index >= 15 is 0 Å². The van der Waals surface area contributed by atoms with E-state index in [1.165, 1.54) is 16.0 Å². The summed E-state index contributed by atoms with van der Waals surface area (Å²) in [6.07, 6.45) is 0. The second-order valence-electron chi connectivity index (χ2n) is 4.02. The summed E-state index contributed by atoms with van der Waals surface area (Å²) in [7, 11) is 1.71. The molecule has 88 valence electrons. The van der Waals surface area contributed by atoms with Crippen molar-refractivity contribution >= 4 is 11.8 Å². The molecule has 0 radical (unpaired) electrons. The average Bonchev–Trinajstić information content (AvgIpc) is 2.33. The highest BCUT2D eigenvalue weighted by molar-refractivity contribution is 7.99. The Labute approximate surface area is 107 Å². The molecule has 17 heavy (non-hydrogen) atoms. The van der Waals surface area contributed by atoms with E-state index in [9.17, 15) is 0 Å². The van der Waals surface area contributed by atoms with Gasteiger partial charge in [0, 0.05) is 4.90 Å². The topological polar surface area (TPSA) is 9.23 Å². The van der Waals surface area contributed by atoms with E-state index < -0.39 is 0 Å². The number of rotatable bonds is 3. The van der Waals surface area contributed by atoms with Crippen molar-refractivity contribution in [3.63, 3.8) is 0 Å². The van der Waals surface area contributed by atoms with Gasteiger partial charge in [-0.2, -0.15) is 0 Å². The molecular formula is C15H16OS. The molecule has 0 spiro atoms. The van der Waals surface area contributed by atoms with Gasteiger partial charge in [-0.25, -0.2) is 0 Å². The number of aryl methyl sites for hydroxylation is 2. The first-order chi connectivity index (χ1) is 8.20. The molecule has 2 heteroatoms. The van der Waals surface area contributed by atoms with Crippen LogP contribution in [0.2, 0.25) is 0 Å². The Morgan fingerprint density at radius 1 is 0.941 bits per heavy atom. The summed E-state index contributed by atoms with van der Waals surface area (Å²) in [5, 5.41) is 0. The predicted molar refractivity (Wildman–Crippen MR) is 73.0 cm³/mol. The van der Waals surface area contributed by atoms with Crippen LogP contribution in [0.5, 0.6) is 5.75 Å². The third kappa shape index (κ3) is 2.83. The van der Waals surface area contributed by atoms with Gasteiger partial charge in [0.05, 0.1) is 12.0 Å². The van der Waals surface area contributed by atoms with Crippen LogP contribution in [0.4, 0.5) is 0 Å². The Morgan fingerprint density at radius 2 is 1.71 bits per heavy atom. The van der Waals surface area contributed by atoms with Crippen LogP contribution in [0, 0.1) is 13.8 Å². The van der Waals surface area contributed by atoms with Crippen molar-refractivity contribution in [1.29, 1.82) is 0 Å². The number of ether oxygens (including phenoxy) is 1. The van der Waals surface area contributed by atoms with Crippen molar-refractivity contribution in [3.8, 4) is 5.75 Å². The fourth-order valence-electron chi connectivity index (χ4n) is 1.74. The Balaban J connectivity index is 2.31. The molecule has 2 rings (SSSR count). The van der Waals surface area contributed by atoms with Crippen LogP contribution in [0.3, 0.4) is 0 Å². The van der Waals surface area contributed by atoms with Gasteiger partial charge < -0.3 is 4.74 Å². The first-order valence-electron chi connectivity index (χ1n) is 5.59. The molecule has 0 unspecified atom stereocenters. The Kier molecular flexibility index (Phi) is 3.75. The van der Waals surface area contributed by atoms with E-state index in [1.807, 2.05) is 18.2 Å². The van der Waals surface area contributed by atoms with Crippen LogP contribution in [-0.4, -0.2) is 7.11 Å². The fourth-order valence-corrected chi connectivity index (χ4v) is 2.73. The minimum absolute atomic E-state index is 0.928. The maximum absolute atomic E-state index is 5.36. The van der Waals surface area contributed by atoms with E-state index in [0.29, 0.717) is 0 Å². The largest absolute Gasteiger partial charge is 0.496 e. The molecule has 0 aromatic heterocycles. The van der Waals surface area contributed by atoms with E-state index in [0.717, 1.165) is 10.6 Å². The lowest BCUT2D eigenvalue weighted by Crippen LogP contribution is -1.86. The van der Waals surface area contributed by atoms with Crippen LogP contribution < -0.4 is 4.74 Å². The average molecular weight is 244 g/mol. The zero-order valence-electron chi connectivity index (χ0n) is 10.4. The molecule has 0 atom stereocenters. The number of para-hydroxylation sites is 1. The summed E-state index contributed by atoms with van der Waals surface area (Å²) in [4.78, 5) is 2.43. The third-order valence-corrected chi connectivity index (χ3v) is 3.85.